The Labute approximate surface area is 137 Å². The van der Waals surface area contributed by atoms with Gasteiger partial charge in [-0.25, -0.2) is 4.98 Å². The number of nitrogens with zero attached hydrogens (tertiary/aromatic N) is 3. The molecule has 4 rings (SSSR count). The number of imidazole rings is 1. The zero-order valence-corrected chi connectivity index (χ0v) is 13.8. The van der Waals surface area contributed by atoms with E-state index in [0.717, 1.165) is 69.9 Å². The number of rotatable bonds is 3. The largest absolute Gasteiger partial charge is 0.317 e. The molecule has 4 heterocycles. The molecule has 1 atom stereocenters. The third-order valence-corrected chi connectivity index (χ3v) is 5.60. The maximum Gasteiger partial charge on any atom is 0.242 e. The summed E-state index contributed by atoms with van der Waals surface area (Å²) in [6.45, 7) is 4.19. The van der Waals surface area contributed by atoms with Crippen LogP contribution in [-0.2, 0) is 17.8 Å². The number of hydrogen-bond donors (Lipinski definition) is 2. The molecular formula is C17H27N5O. The summed E-state index contributed by atoms with van der Waals surface area (Å²) in [5.41, 5.74) is 0. The minimum atomic E-state index is 0.0350. The lowest BCUT2D eigenvalue weighted by Gasteiger charge is -2.35. The van der Waals surface area contributed by atoms with Gasteiger partial charge in [0.05, 0.1) is 12.2 Å². The molecule has 2 fully saturated rings. The van der Waals surface area contributed by atoms with Crippen molar-refractivity contribution in [2.45, 2.75) is 63.6 Å². The van der Waals surface area contributed by atoms with Gasteiger partial charge in [-0.3, -0.25) is 9.69 Å². The second-order valence-corrected chi connectivity index (χ2v) is 7.03. The molecule has 2 saturated heterocycles. The van der Waals surface area contributed by atoms with Gasteiger partial charge in [0, 0.05) is 19.0 Å². The average molecular weight is 317 g/mol. The summed E-state index contributed by atoms with van der Waals surface area (Å²) in [5.74, 6) is 2.17. The van der Waals surface area contributed by atoms with E-state index < -0.39 is 0 Å². The van der Waals surface area contributed by atoms with Crippen molar-refractivity contribution in [2.75, 3.05) is 25.0 Å². The van der Waals surface area contributed by atoms with Crippen molar-refractivity contribution < 1.29 is 4.79 Å². The second kappa shape index (κ2) is 6.61. The Hall–Kier alpha value is -1.40. The number of nitrogens with one attached hydrogen (secondary N) is 2. The van der Waals surface area contributed by atoms with Gasteiger partial charge in [0.15, 0.2) is 0 Å². The molecule has 0 aromatic carbocycles. The predicted octanol–water partition coefficient (Wildman–Crippen LogP) is 1.37. The fraction of sp³-hybridized carbons (Fsp3) is 0.765. The van der Waals surface area contributed by atoms with Crippen LogP contribution in [0.3, 0.4) is 0 Å². The molecule has 3 aliphatic heterocycles. The molecule has 2 N–H and O–H groups in total. The molecule has 23 heavy (non-hydrogen) atoms. The van der Waals surface area contributed by atoms with Crippen LogP contribution in [-0.4, -0.2) is 52.1 Å². The van der Waals surface area contributed by atoms with Gasteiger partial charge in [-0.2, -0.15) is 0 Å². The normalized spacial score (nSPS) is 26.2. The average Bonchev–Trinajstić information content (AvgIpc) is 3.23. The molecule has 0 bridgehead atoms. The third-order valence-electron chi connectivity index (χ3n) is 5.60. The summed E-state index contributed by atoms with van der Waals surface area (Å²) in [6.07, 6.45) is 9.68. The number of aryl methyl sites for hydroxylation is 1. The van der Waals surface area contributed by atoms with Crippen molar-refractivity contribution in [2.24, 2.45) is 0 Å². The van der Waals surface area contributed by atoms with E-state index in [0.29, 0.717) is 6.04 Å². The first-order valence-electron chi connectivity index (χ1n) is 9.14. The van der Waals surface area contributed by atoms with Crippen LogP contribution in [0, 0.1) is 0 Å². The van der Waals surface area contributed by atoms with Crippen LogP contribution in [0.4, 0.5) is 5.82 Å². The summed E-state index contributed by atoms with van der Waals surface area (Å²) in [5, 5.41) is 6.58. The summed E-state index contributed by atoms with van der Waals surface area (Å²) in [4.78, 5) is 19.8. The van der Waals surface area contributed by atoms with Gasteiger partial charge in [0.25, 0.3) is 0 Å². The maximum absolute atomic E-state index is 12.8. The van der Waals surface area contributed by atoms with E-state index in [-0.39, 0.29) is 11.9 Å². The number of likely N-dealkylation sites (tertiary alicyclic amines) is 1. The first-order chi connectivity index (χ1) is 11.3. The van der Waals surface area contributed by atoms with Crippen molar-refractivity contribution in [3.05, 3.63) is 12.0 Å². The minimum Gasteiger partial charge on any atom is -0.317 e. The standard InChI is InChI=1S/C17H27N5O/c23-17(20-16-12-19-15-5-1-2-10-22(15)16)14-4-3-11-21(14)13-6-8-18-9-7-13/h12-14,18H,1-11H2,(H,20,23)/t14-/m0/s1. The van der Waals surface area contributed by atoms with Crippen molar-refractivity contribution >= 4 is 11.7 Å². The van der Waals surface area contributed by atoms with Crippen molar-refractivity contribution in [1.82, 2.24) is 19.8 Å². The van der Waals surface area contributed by atoms with E-state index in [2.05, 4.69) is 25.1 Å². The van der Waals surface area contributed by atoms with E-state index in [1.165, 1.54) is 12.8 Å². The van der Waals surface area contributed by atoms with Crippen LogP contribution >= 0.6 is 0 Å². The minimum absolute atomic E-state index is 0.0350. The highest BCUT2D eigenvalue weighted by molar-refractivity contribution is 5.94. The Morgan fingerprint density at radius 1 is 1.17 bits per heavy atom. The van der Waals surface area contributed by atoms with Crippen LogP contribution in [0.2, 0.25) is 0 Å². The van der Waals surface area contributed by atoms with Gasteiger partial charge in [-0.05, 0) is 58.2 Å². The Bertz CT molecular complexity index is 563. The van der Waals surface area contributed by atoms with Crippen LogP contribution in [0.25, 0.3) is 0 Å². The van der Waals surface area contributed by atoms with Gasteiger partial charge in [0.2, 0.25) is 5.91 Å². The fourth-order valence-corrected chi connectivity index (χ4v) is 4.37. The van der Waals surface area contributed by atoms with Crippen LogP contribution < -0.4 is 10.6 Å². The number of aromatic nitrogens is 2. The topological polar surface area (TPSA) is 62.2 Å². The Morgan fingerprint density at radius 2 is 2.04 bits per heavy atom. The van der Waals surface area contributed by atoms with E-state index in [9.17, 15) is 4.79 Å². The van der Waals surface area contributed by atoms with E-state index in [4.69, 9.17) is 0 Å². The van der Waals surface area contributed by atoms with E-state index >= 15 is 0 Å². The molecule has 126 valence electrons. The van der Waals surface area contributed by atoms with Gasteiger partial charge >= 0.3 is 0 Å². The summed E-state index contributed by atoms with van der Waals surface area (Å²) >= 11 is 0. The van der Waals surface area contributed by atoms with Crippen molar-refractivity contribution in [3.8, 4) is 0 Å². The zero-order valence-electron chi connectivity index (χ0n) is 13.8. The summed E-state index contributed by atoms with van der Waals surface area (Å²) in [7, 11) is 0. The predicted molar refractivity (Wildman–Crippen MR) is 89.4 cm³/mol. The highest BCUT2D eigenvalue weighted by atomic mass is 16.2. The molecule has 3 aliphatic rings. The van der Waals surface area contributed by atoms with Crippen molar-refractivity contribution in [3.63, 3.8) is 0 Å². The maximum atomic E-state index is 12.8. The molecule has 6 nitrogen and oxygen atoms in total. The van der Waals surface area contributed by atoms with Crippen LogP contribution in [0.1, 0.15) is 44.3 Å². The number of anilines is 1. The highest BCUT2D eigenvalue weighted by Crippen LogP contribution is 2.26. The number of fused-ring (bicyclic) bond motifs is 1. The molecule has 0 saturated carbocycles. The lowest BCUT2D eigenvalue weighted by molar-refractivity contribution is -0.121. The molecule has 6 heteroatoms. The molecular weight excluding hydrogens is 290 g/mol. The zero-order chi connectivity index (χ0) is 15.6. The van der Waals surface area contributed by atoms with Crippen LogP contribution in [0.5, 0.6) is 0 Å². The van der Waals surface area contributed by atoms with Gasteiger partial charge in [-0.1, -0.05) is 0 Å². The quantitative estimate of drug-likeness (QED) is 0.884. The Kier molecular flexibility index (Phi) is 4.35. The molecule has 1 aromatic heterocycles. The monoisotopic (exact) mass is 317 g/mol. The number of amides is 1. The van der Waals surface area contributed by atoms with E-state index in [1.54, 1.807) is 0 Å². The smallest absolute Gasteiger partial charge is 0.242 e. The van der Waals surface area contributed by atoms with E-state index in [1.807, 2.05) is 6.20 Å². The lowest BCUT2D eigenvalue weighted by atomic mass is 10.0. The third kappa shape index (κ3) is 3.02. The first kappa shape index (κ1) is 15.1. The number of carbonyl (C=O) groups excluding carboxylic acids is 1. The number of hydrogen-bond acceptors (Lipinski definition) is 4. The SMILES string of the molecule is O=C(Nc1cnc2n1CCCC2)[C@@H]1CCCN1C1CCNCC1. The molecule has 0 unspecified atom stereocenters. The lowest BCUT2D eigenvalue weighted by Crippen LogP contribution is -2.49. The summed E-state index contributed by atoms with van der Waals surface area (Å²) in [6, 6.07) is 0.599. The number of carbonyl (C=O) groups is 1. The Balaban J connectivity index is 1.44. The number of piperidine rings is 1. The fourth-order valence-electron chi connectivity index (χ4n) is 4.37. The Morgan fingerprint density at radius 3 is 2.91 bits per heavy atom. The molecule has 0 radical (unpaired) electrons. The van der Waals surface area contributed by atoms with Gasteiger partial charge in [0.1, 0.15) is 11.6 Å². The van der Waals surface area contributed by atoms with Gasteiger partial charge < -0.3 is 15.2 Å². The van der Waals surface area contributed by atoms with Crippen LogP contribution in [0.15, 0.2) is 6.20 Å². The van der Waals surface area contributed by atoms with Crippen molar-refractivity contribution in [1.29, 1.82) is 0 Å². The summed E-state index contributed by atoms with van der Waals surface area (Å²) < 4.78 is 2.19. The first-order valence-corrected chi connectivity index (χ1v) is 9.14. The molecule has 0 aliphatic carbocycles. The molecule has 1 aromatic rings. The molecule has 0 spiro atoms. The highest BCUT2D eigenvalue weighted by Gasteiger charge is 2.36. The van der Waals surface area contributed by atoms with Gasteiger partial charge in [-0.15, -0.1) is 0 Å². The molecule has 1 amide bonds. The second-order valence-electron chi connectivity index (χ2n) is 7.03.